The molecule has 0 aliphatic carbocycles. The number of aliphatic imine (C=N–C) groups is 1. The van der Waals surface area contributed by atoms with Crippen molar-refractivity contribution in [2.24, 2.45) is 4.99 Å². The molecule has 0 bridgehead atoms. The van der Waals surface area contributed by atoms with Gasteiger partial charge in [0.2, 0.25) is 5.91 Å². The Morgan fingerprint density at radius 1 is 1.14 bits per heavy atom. The molecule has 0 radical (unpaired) electrons. The number of benzene rings is 2. The van der Waals surface area contributed by atoms with Crippen LogP contribution < -0.4 is 10.0 Å². The van der Waals surface area contributed by atoms with Crippen LogP contribution in [0, 0.1) is 6.92 Å². The van der Waals surface area contributed by atoms with Gasteiger partial charge in [0.25, 0.3) is 10.0 Å². The Labute approximate surface area is 162 Å². The molecule has 1 aliphatic rings. The number of amides is 1. The van der Waals surface area contributed by atoms with E-state index in [1.165, 1.54) is 6.07 Å². The molecule has 8 heteroatoms. The number of amidine groups is 1. The highest BCUT2D eigenvalue weighted by molar-refractivity contribution is 7.90. The molecule has 4 rings (SSSR count). The fraction of sp³-hybridized carbons (Fsp3) is 0.150. The average molecular weight is 394 g/mol. The molecular formula is C20H18N4O3S. The first kappa shape index (κ1) is 18.1. The Balaban J connectivity index is 1.62. The van der Waals surface area contributed by atoms with Crippen molar-refractivity contribution in [3.05, 3.63) is 65.9 Å². The lowest BCUT2D eigenvalue weighted by Crippen LogP contribution is -2.29. The molecule has 2 aromatic carbocycles. The summed E-state index contributed by atoms with van der Waals surface area (Å²) in [6, 6.07) is 13.2. The Morgan fingerprint density at radius 2 is 1.93 bits per heavy atom. The molecule has 3 aromatic rings. The van der Waals surface area contributed by atoms with Gasteiger partial charge in [-0.25, -0.2) is 8.42 Å². The molecule has 1 atom stereocenters. The maximum absolute atomic E-state index is 12.7. The zero-order valence-corrected chi connectivity index (χ0v) is 16.1. The molecule has 1 aromatic heterocycles. The van der Waals surface area contributed by atoms with Gasteiger partial charge >= 0.3 is 0 Å². The summed E-state index contributed by atoms with van der Waals surface area (Å²) < 4.78 is 26.8. The van der Waals surface area contributed by atoms with Crippen molar-refractivity contribution in [3.63, 3.8) is 0 Å². The minimum atomic E-state index is -3.64. The van der Waals surface area contributed by atoms with Crippen LogP contribution in [0.4, 0.5) is 5.69 Å². The van der Waals surface area contributed by atoms with E-state index in [-0.39, 0.29) is 16.6 Å². The molecule has 0 saturated carbocycles. The predicted molar refractivity (Wildman–Crippen MR) is 108 cm³/mol. The SMILES string of the molecule is Cc1ccc(NC(=O)[C@H](C)N=C2NS(=O)(=O)c3ccccc32)c2cccnc12. The number of nitrogens with one attached hydrogen (secondary N) is 2. The number of anilines is 1. The van der Waals surface area contributed by atoms with Crippen LogP contribution in [0.1, 0.15) is 18.1 Å². The number of fused-ring (bicyclic) bond motifs is 2. The largest absolute Gasteiger partial charge is 0.324 e. The molecule has 1 aliphatic heterocycles. The molecule has 142 valence electrons. The third-order valence-electron chi connectivity index (χ3n) is 4.59. The second-order valence-corrected chi connectivity index (χ2v) is 8.23. The predicted octanol–water partition coefficient (Wildman–Crippen LogP) is 2.61. The van der Waals surface area contributed by atoms with Gasteiger partial charge in [0.15, 0.2) is 0 Å². The van der Waals surface area contributed by atoms with Crippen molar-refractivity contribution in [1.82, 2.24) is 9.71 Å². The van der Waals surface area contributed by atoms with E-state index < -0.39 is 16.1 Å². The van der Waals surface area contributed by atoms with Gasteiger partial charge in [-0.15, -0.1) is 0 Å². The monoisotopic (exact) mass is 394 g/mol. The van der Waals surface area contributed by atoms with E-state index in [9.17, 15) is 13.2 Å². The van der Waals surface area contributed by atoms with E-state index >= 15 is 0 Å². The van der Waals surface area contributed by atoms with E-state index in [0.717, 1.165) is 16.5 Å². The first-order valence-corrected chi connectivity index (χ1v) is 10.2. The van der Waals surface area contributed by atoms with Crippen LogP contribution in [0.5, 0.6) is 0 Å². The summed E-state index contributed by atoms with van der Waals surface area (Å²) in [5.41, 5.74) is 2.93. The molecule has 0 saturated heterocycles. The highest BCUT2D eigenvalue weighted by atomic mass is 32.2. The van der Waals surface area contributed by atoms with Crippen LogP contribution in [0.25, 0.3) is 10.9 Å². The second-order valence-electron chi connectivity index (χ2n) is 6.57. The molecule has 28 heavy (non-hydrogen) atoms. The van der Waals surface area contributed by atoms with Crippen LogP contribution in [-0.4, -0.2) is 31.2 Å². The van der Waals surface area contributed by atoms with Gasteiger partial charge in [-0.2, -0.15) is 0 Å². The van der Waals surface area contributed by atoms with E-state index in [0.29, 0.717) is 11.3 Å². The Morgan fingerprint density at radius 3 is 2.75 bits per heavy atom. The summed E-state index contributed by atoms with van der Waals surface area (Å²) in [5.74, 6) is -0.168. The van der Waals surface area contributed by atoms with Gasteiger partial charge in [0.05, 0.1) is 16.1 Å². The number of aromatic nitrogens is 1. The average Bonchev–Trinajstić information content (AvgIpc) is 2.94. The summed E-state index contributed by atoms with van der Waals surface area (Å²) >= 11 is 0. The summed E-state index contributed by atoms with van der Waals surface area (Å²) in [6.07, 6.45) is 1.71. The van der Waals surface area contributed by atoms with E-state index in [1.807, 2.05) is 31.2 Å². The van der Waals surface area contributed by atoms with Crippen molar-refractivity contribution in [2.45, 2.75) is 24.8 Å². The van der Waals surface area contributed by atoms with Crippen LogP contribution in [0.2, 0.25) is 0 Å². The fourth-order valence-electron chi connectivity index (χ4n) is 3.14. The highest BCUT2D eigenvalue weighted by Gasteiger charge is 2.31. The molecule has 0 fully saturated rings. The van der Waals surface area contributed by atoms with Crippen molar-refractivity contribution in [2.75, 3.05) is 5.32 Å². The number of aryl methyl sites for hydroxylation is 1. The van der Waals surface area contributed by atoms with E-state index in [1.54, 1.807) is 31.3 Å². The first-order valence-electron chi connectivity index (χ1n) is 8.72. The number of hydrogen-bond acceptors (Lipinski definition) is 5. The van der Waals surface area contributed by atoms with Gasteiger partial charge in [-0.1, -0.05) is 18.2 Å². The van der Waals surface area contributed by atoms with Crippen LogP contribution in [-0.2, 0) is 14.8 Å². The van der Waals surface area contributed by atoms with E-state index in [2.05, 4.69) is 20.0 Å². The summed E-state index contributed by atoms with van der Waals surface area (Å²) in [6.45, 7) is 3.57. The van der Waals surface area contributed by atoms with Crippen molar-refractivity contribution < 1.29 is 13.2 Å². The minimum Gasteiger partial charge on any atom is -0.324 e. The zero-order valence-electron chi connectivity index (χ0n) is 15.3. The fourth-order valence-corrected chi connectivity index (χ4v) is 4.38. The highest BCUT2D eigenvalue weighted by Crippen LogP contribution is 2.25. The smallest absolute Gasteiger partial charge is 0.263 e. The number of nitrogens with zero attached hydrogens (tertiary/aromatic N) is 2. The quantitative estimate of drug-likeness (QED) is 0.713. The molecule has 0 spiro atoms. The summed E-state index contributed by atoms with van der Waals surface area (Å²) in [4.78, 5) is 21.5. The van der Waals surface area contributed by atoms with Gasteiger partial charge in [0, 0.05) is 17.1 Å². The van der Waals surface area contributed by atoms with Crippen LogP contribution in [0.15, 0.2) is 64.6 Å². The standard InChI is InChI=1S/C20H18N4O3S/c1-12-9-10-16(14-7-5-11-21-18(12)14)23-20(25)13(2)22-19-15-6-3-4-8-17(15)28(26,27)24-19/h3-11,13H,1-2H3,(H,22,24)(H,23,25)/t13-/m0/s1. The maximum atomic E-state index is 12.7. The number of sulfonamides is 1. The zero-order chi connectivity index (χ0) is 19.9. The Bertz CT molecular complexity index is 1240. The maximum Gasteiger partial charge on any atom is 0.263 e. The summed E-state index contributed by atoms with van der Waals surface area (Å²) in [5, 5.41) is 3.70. The Kier molecular flexibility index (Phi) is 4.35. The van der Waals surface area contributed by atoms with E-state index in [4.69, 9.17) is 0 Å². The van der Waals surface area contributed by atoms with Crippen LogP contribution in [0.3, 0.4) is 0 Å². The lowest BCUT2D eigenvalue weighted by molar-refractivity contribution is -0.116. The van der Waals surface area contributed by atoms with Crippen molar-refractivity contribution in [3.8, 4) is 0 Å². The van der Waals surface area contributed by atoms with Crippen LogP contribution >= 0.6 is 0 Å². The minimum absolute atomic E-state index is 0.164. The molecule has 0 unspecified atom stereocenters. The van der Waals surface area contributed by atoms with Gasteiger partial charge in [-0.05, 0) is 49.7 Å². The van der Waals surface area contributed by atoms with Gasteiger partial charge < -0.3 is 5.32 Å². The van der Waals surface area contributed by atoms with Gasteiger partial charge in [0.1, 0.15) is 11.9 Å². The first-order chi connectivity index (χ1) is 13.4. The Hall–Kier alpha value is -3.26. The van der Waals surface area contributed by atoms with Crippen molar-refractivity contribution in [1.29, 1.82) is 0 Å². The number of carbonyl (C=O) groups is 1. The number of rotatable bonds is 3. The number of hydrogen-bond donors (Lipinski definition) is 2. The topological polar surface area (TPSA) is 101 Å². The van der Waals surface area contributed by atoms with Crippen molar-refractivity contribution >= 4 is 38.4 Å². The number of carbonyl (C=O) groups excluding carboxylic acids is 1. The van der Waals surface area contributed by atoms with Gasteiger partial charge in [-0.3, -0.25) is 19.5 Å². The normalized spacial score (nSPS) is 17.1. The molecule has 7 nitrogen and oxygen atoms in total. The third-order valence-corrected chi connectivity index (χ3v) is 5.99. The summed E-state index contributed by atoms with van der Waals surface area (Å²) in [7, 11) is -3.64. The number of pyridine rings is 1. The lowest BCUT2D eigenvalue weighted by Gasteiger charge is -2.12. The molecule has 2 N–H and O–H groups in total. The second kappa shape index (κ2) is 6.72. The lowest BCUT2D eigenvalue weighted by atomic mass is 10.1. The molecule has 2 heterocycles. The molecular weight excluding hydrogens is 376 g/mol. The molecule has 1 amide bonds. The third kappa shape index (κ3) is 3.11.